The lowest BCUT2D eigenvalue weighted by Crippen LogP contribution is -2.18. The fourth-order valence-electron chi connectivity index (χ4n) is 2.35. The van der Waals surface area contributed by atoms with E-state index in [0.717, 1.165) is 31.7 Å². The first-order valence-corrected chi connectivity index (χ1v) is 7.52. The van der Waals surface area contributed by atoms with E-state index in [2.05, 4.69) is 58.1 Å². The van der Waals surface area contributed by atoms with Gasteiger partial charge >= 0.3 is 0 Å². The van der Waals surface area contributed by atoms with E-state index < -0.39 is 0 Å². The summed E-state index contributed by atoms with van der Waals surface area (Å²) in [6.07, 6.45) is 2.54. The summed E-state index contributed by atoms with van der Waals surface area (Å²) >= 11 is 0. The molecule has 0 bridgehead atoms. The molecule has 0 saturated heterocycles. The molecular formula is C17H29NO. The molecule has 108 valence electrons. The molecule has 1 aromatic rings. The molecule has 0 spiro atoms. The first-order chi connectivity index (χ1) is 9.04. The van der Waals surface area contributed by atoms with E-state index in [0.29, 0.717) is 5.92 Å². The van der Waals surface area contributed by atoms with Crippen molar-refractivity contribution < 1.29 is 4.74 Å². The SMILES string of the molecule is CCNCCCC(C)Oc1ccc(C(C)C)c(C)c1. The van der Waals surface area contributed by atoms with Crippen LogP contribution in [0.4, 0.5) is 0 Å². The van der Waals surface area contributed by atoms with Crippen molar-refractivity contribution in [3.8, 4) is 5.75 Å². The Labute approximate surface area is 118 Å². The molecule has 0 radical (unpaired) electrons. The average molecular weight is 263 g/mol. The van der Waals surface area contributed by atoms with E-state index in [4.69, 9.17) is 4.74 Å². The zero-order chi connectivity index (χ0) is 14.3. The van der Waals surface area contributed by atoms with Crippen LogP contribution < -0.4 is 10.1 Å². The summed E-state index contributed by atoms with van der Waals surface area (Å²) in [7, 11) is 0. The van der Waals surface area contributed by atoms with E-state index in [1.165, 1.54) is 11.1 Å². The molecule has 0 heterocycles. The highest BCUT2D eigenvalue weighted by Crippen LogP contribution is 2.24. The minimum Gasteiger partial charge on any atom is -0.491 e. The molecule has 1 atom stereocenters. The third-order valence-corrected chi connectivity index (χ3v) is 3.41. The third kappa shape index (κ3) is 5.65. The van der Waals surface area contributed by atoms with Crippen molar-refractivity contribution in [2.45, 2.75) is 59.5 Å². The van der Waals surface area contributed by atoms with Crippen LogP contribution in [0, 0.1) is 6.92 Å². The number of benzene rings is 1. The first kappa shape index (κ1) is 16.0. The van der Waals surface area contributed by atoms with Gasteiger partial charge in [-0.25, -0.2) is 0 Å². The monoisotopic (exact) mass is 263 g/mol. The highest BCUT2D eigenvalue weighted by atomic mass is 16.5. The van der Waals surface area contributed by atoms with Crippen molar-refractivity contribution in [3.63, 3.8) is 0 Å². The van der Waals surface area contributed by atoms with Gasteiger partial charge < -0.3 is 10.1 Å². The van der Waals surface area contributed by atoms with Gasteiger partial charge in [0.1, 0.15) is 5.75 Å². The number of aryl methyl sites for hydroxylation is 1. The minimum absolute atomic E-state index is 0.281. The largest absolute Gasteiger partial charge is 0.491 e. The van der Waals surface area contributed by atoms with Gasteiger partial charge in [0, 0.05) is 0 Å². The van der Waals surface area contributed by atoms with Gasteiger partial charge in [-0.2, -0.15) is 0 Å². The molecule has 19 heavy (non-hydrogen) atoms. The highest BCUT2D eigenvalue weighted by molar-refractivity contribution is 5.36. The van der Waals surface area contributed by atoms with Crippen LogP contribution in [0.1, 0.15) is 57.6 Å². The third-order valence-electron chi connectivity index (χ3n) is 3.41. The lowest BCUT2D eigenvalue weighted by molar-refractivity contribution is 0.207. The zero-order valence-electron chi connectivity index (χ0n) is 13.1. The normalized spacial score (nSPS) is 12.7. The van der Waals surface area contributed by atoms with Crippen molar-refractivity contribution in [3.05, 3.63) is 29.3 Å². The average Bonchev–Trinajstić information content (AvgIpc) is 2.34. The lowest BCUT2D eigenvalue weighted by atomic mass is 9.98. The quantitative estimate of drug-likeness (QED) is 0.707. The first-order valence-electron chi connectivity index (χ1n) is 7.52. The molecule has 2 heteroatoms. The predicted molar refractivity (Wildman–Crippen MR) is 83.1 cm³/mol. The van der Waals surface area contributed by atoms with Crippen molar-refractivity contribution in [2.75, 3.05) is 13.1 Å². The number of nitrogens with one attached hydrogen (secondary N) is 1. The Morgan fingerprint density at radius 3 is 2.53 bits per heavy atom. The number of ether oxygens (including phenoxy) is 1. The summed E-state index contributed by atoms with van der Waals surface area (Å²) in [4.78, 5) is 0. The molecule has 0 aliphatic heterocycles. The fourth-order valence-corrected chi connectivity index (χ4v) is 2.35. The molecule has 0 fully saturated rings. The van der Waals surface area contributed by atoms with Crippen molar-refractivity contribution >= 4 is 0 Å². The van der Waals surface area contributed by atoms with Crippen LogP contribution in [-0.2, 0) is 0 Å². The zero-order valence-corrected chi connectivity index (χ0v) is 13.1. The Kier molecular flexibility index (Phi) is 6.93. The van der Waals surface area contributed by atoms with Crippen LogP contribution in [-0.4, -0.2) is 19.2 Å². The summed E-state index contributed by atoms with van der Waals surface area (Å²) in [5.41, 5.74) is 2.74. The van der Waals surface area contributed by atoms with Gasteiger partial charge in [-0.3, -0.25) is 0 Å². The molecule has 1 aromatic carbocycles. The van der Waals surface area contributed by atoms with Gasteiger partial charge in [0.05, 0.1) is 6.10 Å². The van der Waals surface area contributed by atoms with Gasteiger partial charge in [-0.1, -0.05) is 26.8 Å². The van der Waals surface area contributed by atoms with Gasteiger partial charge in [0.15, 0.2) is 0 Å². The summed E-state index contributed by atoms with van der Waals surface area (Å²) in [5, 5.41) is 3.34. The Morgan fingerprint density at radius 2 is 1.95 bits per heavy atom. The maximum atomic E-state index is 5.98. The Morgan fingerprint density at radius 1 is 1.21 bits per heavy atom. The Bertz CT molecular complexity index is 374. The lowest BCUT2D eigenvalue weighted by Gasteiger charge is -2.17. The van der Waals surface area contributed by atoms with Gasteiger partial charge in [-0.15, -0.1) is 0 Å². The van der Waals surface area contributed by atoms with Gasteiger partial charge in [0.25, 0.3) is 0 Å². The smallest absolute Gasteiger partial charge is 0.119 e. The van der Waals surface area contributed by atoms with E-state index >= 15 is 0 Å². The molecule has 0 saturated carbocycles. The number of rotatable bonds is 8. The van der Waals surface area contributed by atoms with E-state index in [-0.39, 0.29) is 6.10 Å². The standard InChI is InChI=1S/C17H29NO/c1-6-18-11-7-8-15(5)19-16-9-10-17(13(2)3)14(4)12-16/h9-10,12-13,15,18H,6-8,11H2,1-5H3. The summed E-state index contributed by atoms with van der Waals surface area (Å²) in [6, 6.07) is 6.46. The van der Waals surface area contributed by atoms with E-state index in [9.17, 15) is 0 Å². The minimum atomic E-state index is 0.281. The highest BCUT2D eigenvalue weighted by Gasteiger charge is 2.07. The van der Waals surface area contributed by atoms with Gasteiger partial charge in [0.2, 0.25) is 0 Å². The molecule has 1 rings (SSSR count). The Balaban J connectivity index is 2.46. The number of hydrogen-bond acceptors (Lipinski definition) is 2. The van der Waals surface area contributed by atoms with Crippen LogP contribution in [0.3, 0.4) is 0 Å². The van der Waals surface area contributed by atoms with Crippen LogP contribution in [0.5, 0.6) is 5.75 Å². The summed E-state index contributed by atoms with van der Waals surface area (Å²) < 4.78 is 5.98. The molecule has 1 N–H and O–H groups in total. The van der Waals surface area contributed by atoms with E-state index in [1.54, 1.807) is 0 Å². The maximum Gasteiger partial charge on any atom is 0.119 e. The van der Waals surface area contributed by atoms with Crippen LogP contribution in [0.2, 0.25) is 0 Å². The Hall–Kier alpha value is -1.02. The predicted octanol–water partition coefficient (Wildman–Crippen LogP) is 4.28. The van der Waals surface area contributed by atoms with Gasteiger partial charge in [-0.05, 0) is 69.0 Å². The second kappa shape index (κ2) is 8.21. The second-order valence-electron chi connectivity index (χ2n) is 5.60. The number of hydrogen-bond donors (Lipinski definition) is 1. The molecule has 2 nitrogen and oxygen atoms in total. The van der Waals surface area contributed by atoms with Crippen molar-refractivity contribution in [1.29, 1.82) is 0 Å². The topological polar surface area (TPSA) is 21.3 Å². The van der Waals surface area contributed by atoms with Crippen molar-refractivity contribution in [1.82, 2.24) is 5.32 Å². The second-order valence-corrected chi connectivity index (χ2v) is 5.60. The molecule has 0 aliphatic rings. The van der Waals surface area contributed by atoms with Crippen LogP contribution in [0.25, 0.3) is 0 Å². The molecule has 0 aliphatic carbocycles. The summed E-state index contributed by atoms with van der Waals surface area (Å²) in [5.74, 6) is 1.57. The van der Waals surface area contributed by atoms with E-state index in [1.807, 2.05) is 0 Å². The van der Waals surface area contributed by atoms with Crippen LogP contribution >= 0.6 is 0 Å². The molecule has 1 unspecified atom stereocenters. The molecule has 0 amide bonds. The van der Waals surface area contributed by atoms with Crippen LogP contribution in [0.15, 0.2) is 18.2 Å². The van der Waals surface area contributed by atoms with Crippen molar-refractivity contribution in [2.24, 2.45) is 0 Å². The fraction of sp³-hybridized carbons (Fsp3) is 0.647. The molecule has 0 aromatic heterocycles. The maximum absolute atomic E-state index is 5.98. The summed E-state index contributed by atoms with van der Waals surface area (Å²) in [6.45, 7) is 13.0. The molecular weight excluding hydrogens is 234 g/mol.